The first-order valence-corrected chi connectivity index (χ1v) is 8.69. The molecule has 26 heavy (non-hydrogen) atoms. The number of hydrogen-bond acceptors (Lipinski definition) is 5. The van der Waals surface area contributed by atoms with Gasteiger partial charge < -0.3 is 10.2 Å². The number of rotatable bonds is 4. The summed E-state index contributed by atoms with van der Waals surface area (Å²) in [6.07, 6.45) is 7.30. The number of carbonyl (C=O) groups excluding carboxylic acids is 1. The highest BCUT2D eigenvalue weighted by atomic mass is 16.1. The van der Waals surface area contributed by atoms with Gasteiger partial charge in [0.15, 0.2) is 5.82 Å². The number of benzene rings is 1. The van der Waals surface area contributed by atoms with Crippen LogP contribution in [0.15, 0.2) is 61.1 Å². The van der Waals surface area contributed by atoms with Crippen LogP contribution in [0, 0.1) is 0 Å². The van der Waals surface area contributed by atoms with Crippen LogP contribution in [0.2, 0.25) is 0 Å². The van der Waals surface area contributed by atoms with Gasteiger partial charge in [0.2, 0.25) is 0 Å². The molecule has 3 aromatic rings. The second kappa shape index (κ2) is 7.31. The molecule has 1 amide bonds. The molecule has 1 fully saturated rings. The van der Waals surface area contributed by atoms with Crippen LogP contribution in [0.4, 0.5) is 11.5 Å². The van der Waals surface area contributed by atoms with E-state index in [0.29, 0.717) is 17.2 Å². The molecule has 2 aromatic heterocycles. The molecule has 0 bridgehead atoms. The van der Waals surface area contributed by atoms with E-state index in [-0.39, 0.29) is 5.91 Å². The van der Waals surface area contributed by atoms with Gasteiger partial charge in [0, 0.05) is 31.0 Å². The van der Waals surface area contributed by atoms with Crippen molar-refractivity contribution in [2.24, 2.45) is 0 Å². The Balaban J connectivity index is 1.43. The number of nitrogens with one attached hydrogen (secondary N) is 1. The Morgan fingerprint density at radius 2 is 1.62 bits per heavy atom. The molecule has 1 aliphatic heterocycles. The third-order valence-corrected chi connectivity index (χ3v) is 4.41. The lowest BCUT2D eigenvalue weighted by Gasteiger charge is -2.17. The number of hydrogen-bond donors (Lipinski definition) is 1. The Morgan fingerprint density at radius 3 is 2.27 bits per heavy atom. The van der Waals surface area contributed by atoms with Crippen molar-refractivity contribution in [3.05, 3.63) is 66.6 Å². The molecule has 1 saturated heterocycles. The lowest BCUT2D eigenvalue weighted by Crippen LogP contribution is -2.18. The van der Waals surface area contributed by atoms with E-state index < -0.39 is 0 Å². The predicted octanol–water partition coefficient (Wildman–Crippen LogP) is 3.39. The highest BCUT2D eigenvalue weighted by Gasteiger charge is 2.13. The molecular weight excluding hydrogens is 326 g/mol. The standard InChI is InChI=1S/C20H19N5O/c26-20(16-12-22-19(23-13-16)15-6-2-1-3-7-15)24-18-9-8-17(14-21-18)25-10-4-5-11-25/h1-3,6-9,12-14H,4-5,10-11H2,(H,21,24,26). The van der Waals surface area contributed by atoms with Crippen LogP contribution in [0.25, 0.3) is 11.4 Å². The Labute approximate surface area is 151 Å². The third kappa shape index (κ3) is 3.54. The van der Waals surface area contributed by atoms with E-state index in [0.717, 1.165) is 24.3 Å². The fraction of sp³-hybridized carbons (Fsp3) is 0.200. The zero-order chi connectivity index (χ0) is 17.8. The van der Waals surface area contributed by atoms with Crippen molar-refractivity contribution in [3.8, 4) is 11.4 Å². The van der Waals surface area contributed by atoms with Crippen molar-refractivity contribution in [3.63, 3.8) is 0 Å². The molecule has 0 radical (unpaired) electrons. The number of pyridine rings is 1. The van der Waals surface area contributed by atoms with Gasteiger partial charge in [-0.1, -0.05) is 30.3 Å². The Kier molecular flexibility index (Phi) is 4.55. The van der Waals surface area contributed by atoms with Gasteiger partial charge in [0.05, 0.1) is 17.4 Å². The maximum absolute atomic E-state index is 12.4. The van der Waals surface area contributed by atoms with E-state index in [1.807, 2.05) is 42.5 Å². The first-order valence-electron chi connectivity index (χ1n) is 8.69. The van der Waals surface area contributed by atoms with Crippen LogP contribution in [-0.4, -0.2) is 33.9 Å². The quantitative estimate of drug-likeness (QED) is 0.785. The van der Waals surface area contributed by atoms with Crippen LogP contribution in [-0.2, 0) is 0 Å². The highest BCUT2D eigenvalue weighted by molar-refractivity contribution is 6.03. The van der Waals surface area contributed by atoms with E-state index in [1.54, 1.807) is 6.20 Å². The summed E-state index contributed by atoms with van der Waals surface area (Å²) in [7, 11) is 0. The van der Waals surface area contributed by atoms with E-state index in [2.05, 4.69) is 25.2 Å². The second-order valence-corrected chi connectivity index (χ2v) is 6.21. The van der Waals surface area contributed by atoms with E-state index in [9.17, 15) is 4.79 Å². The van der Waals surface area contributed by atoms with E-state index in [4.69, 9.17) is 0 Å². The molecule has 0 spiro atoms. The molecule has 0 aliphatic carbocycles. The molecule has 1 aromatic carbocycles. The predicted molar refractivity (Wildman–Crippen MR) is 101 cm³/mol. The monoisotopic (exact) mass is 345 g/mol. The summed E-state index contributed by atoms with van der Waals surface area (Å²) in [5.41, 5.74) is 2.41. The van der Waals surface area contributed by atoms with Crippen molar-refractivity contribution in [1.82, 2.24) is 15.0 Å². The third-order valence-electron chi connectivity index (χ3n) is 4.41. The summed E-state index contributed by atoms with van der Waals surface area (Å²) in [5, 5.41) is 2.79. The number of anilines is 2. The van der Waals surface area contributed by atoms with Crippen molar-refractivity contribution in [2.75, 3.05) is 23.3 Å². The van der Waals surface area contributed by atoms with Gasteiger partial charge in [-0.2, -0.15) is 0 Å². The van der Waals surface area contributed by atoms with Gasteiger partial charge in [-0.3, -0.25) is 4.79 Å². The average molecular weight is 345 g/mol. The molecule has 1 aliphatic rings. The van der Waals surface area contributed by atoms with Gasteiger partial charge in [0.25, 0.3) is 5.91 Å². The lowest BCUT2D eigenvalue weighted by atomic mass is 10.2. The fourth-order valence-electron chi connectivity index (χ4n) is 2.99. The summed E-state index contributed by atoms with van der Waals surface area (Å²) in [6.45, 7) is 2.14. The minimum Gasteiger partial charge on any atom is -0.370 e. The first-order chi connectivity index (χ1) is 12.8. The molecule has 0 saturated carbocycles. The molecular formula is C20H19N5O. The minimum atomic E-state index is -0.272. The van der Waals surface area contributed by atoms with E-state index >= 15 is 0 Å². The van der Waals surface area contributed by atoms with Gasteiger partial charge in [-0.25, -0.2) is 15.0 Å². The Bertz CT molecular complexity index is 872. The summed E-state index contributed by atoms with van der Waals surface area (Å²) < 4.78 is 0. The van der Waals surface area contributed by atoms with Gasteiger partial charge in [-0.15, -0.1) is 0 Å². The largest absolute Gasteiger partial charge is 0.370 e. The smallest absolute Gasteiger partial charge is 0.259 e. The molecule has 4 rings (SSSR count). The number of nitrogens with zero attached hydrogens (tertiary/aromatic N) is 4. The van der Waals surface area contributed by atoms with Crippen molar-refractivity contribution < 1.29 is 4.79 Å². The number of carbonyl (C=O) groups is 1. The van der Waals surface area contributed by atoms with Gasteiger partial charge >= 0.3 is 0 Å². The molecule has 130 valence electrons. The fourth-order valence-corrected chi connectivity index (χ4v) is 2.99. The normalized spacial score (nSPS) is 13.6. The zero-order valence-corrected chi connectivity index (χ0v) is 14.3. The number of amides is 1. The van der Waals surface area contributed by atoms with Crippen molar-refractivity contribution in [2.45, 2.75) is 12.8 Å². The van der Waals surface area contributed by atoms with Gasteiger partial charge in [-0.05, 0) is 25.0 Å². The van der Waals surface area contributed by atoms with E-state index in [1.165, 1.54) is 25.2 Å². The van der Waals surface area contributed by atoms with Crippen molar-refractivity contribution in [1.29, 1.82) is 0 Å². The SMILES string of the molecule is O=C(Nc1ccc(N2CCCC2)cn1)c1cnc(-c2ccccc2)nc1. The highest BCUT2D eigenvalue weighted by Crippen LogP contribution is 2.20. The van der Waals surface area contributed by atoms with Gasteiger partial charge in [0.1, 0.15) is 5.82 Å². The van der Waals surface area contributed by atoms with Crippen molar-refractivity contribution >= 4 is 17.4 Å². The second-order valence-electron chi connectivity index (χ2n) is 6.21. The topological polar surface area (TPSA) is 71.0 Å². The molecule has 1 N–H and O–H groups in total. The summed E-state index contributed by atoms with van der Waals surface area (Å²) in [6, 6.07) is 13.5. The maximum Gasteiger partial charge on any atom is 0.259 e. The minimum absolute atomic E-state index is 0.272. The molecule has 3 heterocycles. The summed E-state index contributed by atoms with van der Waals surface area (Å²) in [4.78, 5) is 27.6. The lowest BCUT2D eigenvalue weighted by molar-refractivity contribution is 0.102. The van der Waals surface area contributed by atoms with Crippen LogP contribution in [0.1, 0.15) is 23.2 Å². The first kappa shape index (κ1) is 16.2. The molecule has 0 unspecified atom stereocenters. The van der Waals surface area contributed by atoms with Crippen LogP contribution < -0.4 is 10.2 Å². The number of aromatic nitrogens is 3. The Hall–Kier alpha value is -3.28. The molecule has 0 atom stereocenters. The Morgan fingerprint density at radius 1 is 0.885 bits per heavy atom. The van der Waals surface area contributed by atoms with Crippen LogP contribution >= 0.6 is 0 Å². The van der Waals surface area contributed by atoms with Crippen LogP contribution in [0.3, 0.4) is 0 Å². The molecule has 6 nitrogen and oxygen atoms in total. The maximum atomic E-state index is 12.4. The summed E-state index contributed by atoms with van der Waals surface area (Å²) >= 11 is 0. The molecule has 6 heteroatoms. The summed E-state index contributed by atoms with van der Waals surface area (Å²) in [5.74, 6) is 0.839. The van der Waals surface area contributed by atoms with Crippen LogP contribution in [0.5, 0.6) is 0 Å². The zero-order valence-electron chi connectivity index (χ0n) is 14.3. The average Bonchev–Trinajstić information content (AvgIpc) is 3.24.